The summed E-state index contributed by atoms with van der Waals surface area (Å²) >= 11 is 0. The van der Waals surface area contributed by atoms with Crippen molar-refractivity contribution in [1.82, 2.24) is 4.98 Å². The van der Waals surface area contributed by atoms with Crippen molar-refractivity contribution in [2.75, 3.05) is 18.1 Å². The minimum absolute atomic E-state index is 0. The average molecular weight is 226 g/mol. The van der Waals surface area contributed by atoms with E-state index in [0.717, 1.165) is 16.9 Å². The summed E-state index contributed by atoms with van der Waals surface area (Å²) in [5.74, 6) is 0. The summed E-state index contributed by atoms with van der Waals surface area (Å²) in [4.78, 5) is 4.21. The van der Waals surface area contributed by atoms with Crippen LogP contribution in [0.1, 0.15) is 0 Å². The van der Waals surface area contributed by atoms with Gasteiger partial charge >= 0.3 is 0 Å². The zero-order chi connectivity index (χ0) is 9.97. The Labute approximate surface area is 93.9 Å². The zero-order valence-electron chi connectivity index (χ0n) is 8.23. The Balaban J connectivity index is 0.00000112. The molecule has 0 radical (unpaired) electrons. The van der Waals surface area contributed by atoms with Gasteiger partial charge in [0.25, 0.3) is 6.01 Å². The average Bonchev–Trinajstić information content (AvgIpc) is 2.67. The maximum atomic E-state index is 5.58. The van der Waals surface area contributed by atoms with Crippen LogP contribution in [0.3, 0.4) is 0 Å². The van der Waals surface area contributed by atoms with Gasteiger partial charge in [-0.1, -0.05) is 12.1 Å². The van der Waals surface area contributed by atoms with Crippen LogP contribution in [-0.2, 0) is 0 Å². The van der Waals surface area contributed by atoms with E-state index in [1.54, 1.807) is 13.3 Å². The van der Waals surface area contributed by atoms with Gasteiger partial charge in [-0.3, -0.25) is 0 Å². The number of aromatic nitrogens is 1. The molecular formula is C10H12ClN3O. The van der Waals surface area contributed by atoms with Crippen molar-refractivity contribution in [3.63, 3.8) is 0 Å². The van der Waals surface area contributed by atoms with Crippen LogP contribution < -0.4 is 11.1 Å². The predicted molar refractivity (Wildman–Crippen MR) is 63.1 cm³/mol. The molecule has 0 unspecified atom stereocenters. The van der Waals surface area contributed by atoms with Gasteiger partial charge in [-0.15, -0.1) is 12.4 Å². The van der Waals surface area contributed by atoms with Crippen LogP contribution in [0.15, 0.2) is 34.9 Å². The quantitative estimate of drug-likeness (QED) is 0.771. The number of benzene rings is 1. The largest absolute Gasteiger partial charge is 0.432 e. The molecule has 4 nitrogen and oxygen atoms in total. The molecule has 0 bridgehead atoms. The normalized spacial score (nSPS) is 9.40. The summed E-state index contributed by atoms with van der Waals surface area (Å²) in [6.07, 6.45) is 1.61. The molecule has 0 saturated heterocycles. The lowest BCUT2D eigenvalue weighted by molar-refractivity contribution is 0.576. The SMILES string of the molecule is CNc1nc(-c2ccc(N)cc2)co1.Cl. The molecular weight excluding hydrogens is 214 g/mol. The molecule has 2 aromatic rings. The molecule has 2 rings (SSSR count). The van der Waals surface area contributed by atoms with Gasteiger partial charge in [0.1, 0.15) is 12.0 Å². The molecule has 1 heterocycles. The highest BCUT2D eigenvalue weighted by Gasteiger charge is 2.03. The second-order valence-electron chi connectivity index (χ2n) is 2.91. The lowest BCUT2D eigenvalue weighted by atomic mass is 10.1. The van der Waals surface area contributed by atoms with E-state index in [0.29, 0.717) is 6.01 Å². The van der Waals surface area contributed by atoms with Crippen LogP contribution in [0.5, 0.6) is 0 Å². The van der Waals surface area contributed by atoms with Crippen molar-refractivity contribution >= 4 is 24.1 Å². The number of nitrogens with zero attached hydrogens (tertiary/aromatic N) is 1. The number of nitrogens with one attached hydrogen (secondary N) is 1. The molecule has 1 aromatic carbocycles. The molecule has 0 atom stereocenters. The number of hydrogen-bond donors (Lipinski definition) is 2. The zero-order valence-corrected chi connectivity index (χ0v) is 9.04. The van der Waals surface area contributed by atoms with Crippen molar-refractivity contribution in [1.29, 1.82) is 0 Å². The van der Waals surface area contributed by atoms with Gasteiger partial charge in [-0.05, 0) is 12.1 Å². The number of oxazole rings is 1. The van der Waals surface area contributed by atoms with E-state index in [1.807, 2.05) is 24.3 Å². The first-order valence-corrected chi connectivity index (χ1v) is 4.29. The fourth-order valence-corrected chi connectivity index (χ4v) is 1.18. The molecule has 0 spiro atoms. The van der Waals surface area contributed by atoms with Crippen molar-refractivity contribution in [3.05, 3.63) is 30.5 Å². The van der Waals surface area contributed by atoms with Crippen LogP contribution in [0.2, 0.25) is 0 Å². The lowest BCUT2D eigenvalue weighted by Gasteiger charge is -1.95. The van der Waals surface area contributed by atoms with Crippen LogP contribution in [0.25, 0.3) is 11.3 Å². The third kappa shape index (κ3) is 2.41. The summed E-state index contributed by atoms with van der Waals surface area (Å²) in [6, 6.07) is 8.00. The molecule has 3 N–H and O–H groups in total. The van der Waals surface area contributed by atoms with Crippen LogP contribution >= 0.6 is 12.4 Å². The van der Waals surface area contributed by atoms with Crippen molar-refractivity contribution in [3.8, 4) is 11.3 Å². The van der Waals surface area contributed by atoms with Crippen LogP contribution in [0.4, 0.5) is 11.7 Å². The third-order valence-corrected chi connectivity index (χ3v) is 1.92. The van der Waals surface area contributed by atoms with Crippen molar-refractivity contribution in [2.24, 2.45) is 0 Å². The topological polar surface area (TPSA) is 64.1 Å². The predicted octanol–water partition coefficient (Wildman–Crippen LogP) is 2.39. The maximum Gasteiger partial charge on any atom is 0.294 e. The molecule has 0 amide bonds. The molecule has 0 aliphatic carbocycles. The van der Waals surface area contributed by atoms with Gasteiger partial charge < -0.3 is 15.5 Å². The Hall–Kier alpha value is -1.68. The minimum Gasteiger partial charge on any atom is -0.432 e. The van der Waals surface area contributed by atoms with E-state index >= 15 is 0 Å². The Kier molecular flexibility index (Phi) is 3.57. The number of hydrogen-bond acceptors (Lipinski definition) is 4. The fraction of sp³-hybridized carbons (Fsp3) is 0.100. The fourth-order valence-electron chi connectivity index (χ4n) is 1.18. The van der Waals surface area contributed by atoms with E-state index in [4.69, 9.17) is 10.2 Å². The first-order valence-electron chi connectivity index (χ1n) is 4.29. The number of nitrogens with two attached hydrogens (primary N) is 1. The number of nitrogen functional groups attached to an aromatic ring is 1. The highest BCUT2D eigenvalue weighted by Crippen LogP contribution is 2.21. The van der Waals surface area contributed by atoms with Gasteiger partial charge in [0.15, 0.2) is 0 Å². The van der Waals surface area contributed by atoms with Crippen molar-refractivity contribution in [2.45, 2.75) is 0 Å². The summed E-state index contributed by atoms with van der Waals surface area (Å²) in [5.41, 5.74) is 8.11. The molecule has 0 aliphatic heterocycles. The van der Waals surface area contributed by atoms with Gasteiger partial charge in [0.05, 0.1) is 0 Å². The molecule has 15 heavy (non-hydrogen) atoms. The van der Waals surface area contributed by atoms with Gasteiger partial charge in [0, 0.05) is 18.3 Å². The number of anilines is 2. The van der Waals surface area contributed by atoms with Gasteiger partial charge in [-0.25, -0.2) is 0 Å². The highest BCUT2D eigenvalue weighted by atomic mass is 35.5. The lowest BCUT2D eigenvalue weighted by Crippen LogP contribution is -1.87. The number of halogens is 1. The molecule has 80 valence electrons. The Morgan fingerprint density at radius 2 is 1.93 bits per heavy atom. The standard InChI is InChI=1S/C10H11N3O.ClH/c1-12-10-13-9(6-14-10)7-2-4-8(11)5-3-7;/h2-6H,11H2,1H3,(H,12,13);1H. The smallest absolute Gasteiger partial charge is 0.294 e. The van der Waals surface area contributed by atoms with E-state index in [-0.39, 0.29) is 12.4 Å². The van der Waals surface area contributed by atoms with Crippen LogP contribution in [-0.4, -0.2) is 12.0 Å². The molecule has 5 heteroatoms. The highest BCUT2D eigenvalue weighted by molar-refractivity contribution is 5.85. The monoisotopic (exact) mass is 225 g/mol. The van der Waals surface area contributed by atoms with E-state index in [1.165, 1.54) is 0 Å². The minimum atomic E-state index is 0. The van der Waals surface area contributed by atoms with E-state index < -0.39 is 0 Å². The van der Waals surface area contributed by atoms with Crippen LogP contribution in [0, 0.1) is 0 Å². The summed E-state index contributed by atoms with van der Waals surface area (Å²) < 4.78 is 5.14. The Morgan fingerprint density at radius 3 is 2.47 bits per heavy atom. The first kappa shape index (κ1) is 11.4. The Morgan fingerprint density at radius 1 is 1.27 bits per heavy atom. The van der Waals surface area contributed by atoms with E-state index in [9.17, 15) is 0 Å². The van der Waals surface area contributed by atoms with Gasteiger partial charge in [0.2, 0.25) is 0 Å². The van der Waals surface area contributed by atoms with Crippen molar-refractivity contribution < 1.29 is 4.42 Å². The molecule has 0 fully saturated rings. The molecule has 0 saturated carbocycles. The Bertz CT molecular complexity index is 424. The first-order chi connectivity index (χ1) is 6.79. The third-order valence-electron chi connectivity index (χ3n) is 1.92. The van der Waals surface area contributed by atoms with E-state index in [2.05, 4.69) is 10.3 Å². The second kappa shape index (κ2) is 4.70. The maximum absolute atomic E-state index is 5.58. The molecule has 0 aliphatic rings. The summed E-state index contributed by atoms with van der Waals surface area (Å²) in [5, 5.41) is 2.83. The van der Waals surface area contributed by atoms with Gasteiger partial charge in [-0.2, -0.15) is 4.98 Å². The molecule has 1 aromatic heterocycles. The summed E-state index contributed by atoms with van der Waals surface area (Å²) in [6.45, 7) is 0. The second-order valence-corrected chi connectivity index (χ2v) is 2.91. The summed E-state index contributed by atoms with van der Waals surface area (Å²) in [7, 11) is 1.76. The number of rotatable bonds is 2.